The van der Waals surface area contributed by atoms with Gasteiger partial charge in [0.2, 0.25) is 5.54 Å². The Labute approximate surface area is 117 Å². The molecule has 6 heteroatoms. The Morgan fingerprint density at radius 3 is 2.10 bits per heavy atom. The Bertz CT molecular complexity index is 505. The fourth-order valence-electron chi connectivity index (χ4n) is 1.56. The molecule has 1 aromatic carbocycles. The molecule has 0 aliphatic rings. The Morgan fingerprint density at radius 2 is 1.70 bits per heavy atom. The van der Waals surface area contributed by atoms with E-state index in [0.717, 1.165) is 0 Å². The number of carboxylic acid groups (broad SMARTS) is 1. The first kappa shape index (κ1) is 16.0. The van der Waals surface area contributed by atoms with Gasteiger partial charge in [-0.2, -0.15) is 0 Å². The Hall–Kier alpha value is -2.08. The predicted molar refractivity (Wildman–Crippen MR) is 75.0 cm³/mol. The van der Waals surface area contributed by atoms with Gasteiger partial charge in [-0.15, -0.1) is 0 Å². The van der Waals surface area contributed by atoms with Crippen molar-refractivity contribution in [3.8, 4) is 0 Å². The highest BCUT2D eigenvalue weighted by Crippen LogP contribution is 2.18. The maximum atomic E-state index is 12.0. The van der Waals surface area contributed by atoms with Crippen molar-refractivity contribution in [1.82, 2.24) is 0 Å². The molecule has 0 spiro atoms. The number of esters is 1. The van der Waals surface area contributed by atoms with Crippen LogP contribution in [0.25, 0.3) is 0 Å². The molecule has 0 aliphatic carbocycles. The van der Waals surface area contributed by atoms with Gasteiger partial charge >= 0.3 is 11.9 Å². The summed E-state index contributed by atoms with van der Waals surface area (Å²) >= 11 is 0. The van der Waals surface area contributed by atoms with E-state index >= 15 is 0 Å². The van der Waals surface area contributed by atoms with E-state index in [1.54, 1.807) is 45.0 Å². The van der Waals surface area contributed by atoms with Crippen molar-refractivity contribution in [3.63, 3.8) is 0 Å². The van der Waals surface area contributed by atoms with E-state index in [2.05, 4.69) is 0 Å². The molecule has 0 radical (unpaired) electrons. The minimum Gasteiger partial charge on any atom is -0.479 e. The predicted octanol–water partition coefficient (Wildman–Crippen LogP) is 0.935. The largest absolute Gasteiger partial charge is 0.479 e. The van der Waals surface area contributed by atoms with Gasteiger partial charge in [0, 0.05) is 12.1 Å². The minimum absolute atomic E-state index is 0.169. The fourth-order valence-corrected chi connectivity index (χ4v) is 1.56. The van der Waals surface area contributed by atoms with Crippen molar-refractivity contribution in [1.29, 1.82) is 0 Å². The highest BCUT2D eigenvalue weighted by atomic mass is 16.6. The van der Waals surface area contributed by atoms with Crippen LogP contribution in [0.4, 0.5) is 5.69 Å². The van der Waals surface area contributed by atoms with E-state index in [1.807, 2.05) is 0 Å². The number of nitrogen functional groups attached to an aromatic ring is 1. The highest BCUT2D eigenvalue weighted by Gasteiger charge is 2.45. The third-order valence-corrected chi connectivity index (χ3v) is 2.61. The first-order chi connectivity index (χ1) is 9.04. The Kier molecular flexibility index (Phi) is 4.39. The normalized spacial score (nSPS) is 14.4. The van der Waals surface area contributed by atoms with Gasteiger partial charge in [0.05, 0.1) is 0 Å². The first-order valence-corrected chi connectivity index (χ1v) is 6.15. The standard InChI is InChI=1S/C14H20N2O4/c1-13(2,3)20-12(19)14(16,11(17)18)8-9-4-6-10(15)7-5-9/h4-7H,8,15-16H2,1-3H3,(H,17,18). The molecule has 0 saturated carbocycles. The lowest BCUT2D eigenvalue weighted by Crippen LogP contribution is -2.58. The molecule has 1 unspecified atom stereocenters. The Balaban J connectivity index is 3.00. The number of rotatable bonds is 4. The highest BCUT2D eigenvalue weighted by molar-refractivity contribution is 6.04. The summed E-state index contributed by atoms with van der Waals surface area (Å²) in [5.41, 5.74) is 9.52. The van der Waals surface area contributed by atoms with Crippen LogP contribution < -0.4 is 11.5 Å². The third kappa shape index (κ3) is 3.96. The molecule has 1 aromatic rings. The van der Waals surface area contributed by atoms with E-state index in [-0.39, 0.29) is 6.42 Å². The second-order valence-electron chi connectivity index (χ2n) is 5.70. The molecule has 6 nitrogen and oxygen atoms in total. The van der Waals surface area contributed by atoms with Crippen molar-refractivity contribution in [2.75, 3.05) is 5.73 Å². The summed E-state index contributed by atoms with van der Waals surface area (Å²) in [5.74, 6) is -2.39. The molecule has 1 atom stereocenters. The van der Waals surface area contributed by atoms with Crippen LogP contribution in [-0.4, -0.2) is 28.2 Å². The number of benzene rings is 1. The molecule has 5 N–H and O–H groups in total. The average Bonchev–Trinajstić information content (AvgIpc) is 2.29. The number of anilines is 1. The summed E-state index contributed by atoms with van der Waals surface area (Å²) in [7, 11) is 0. The third-order valence-electron chi connectivity index (χ3n) is 2.61. The van der Waals surface area contributed by atoms with Crippen LogP contribution in [-0.2, 0) is 20.7 Å². The number of ether oxygens (including phenoxy) is 1. The summed E-state index contributed by atoms with van der Waals surface area (Å²) in [4.78, 5) is 23.4. The zero-order chi connectivity index (χ0) is 15.6. The quantitative estimate of drug-likeness (QED) is 0.429. The SMILES string of the molecule is CC(C)(C)OC(=O)C(N)(Cc1ccc(N)cc1)C(=O)O. The smallest absolute Gasteiger partial charge is 0.338 e. The van der Waals surface area contributed by atoms with Crippen LogP contribution in [0, 0.1) is 0 Å². The van der Waals surface area contributed by atoms with Crippen LogP contribution in [0.15, 0.2) is 24.3 Å². The molecule has 0 amide bonds. The van der Waals surface area contributed by atoms with E-state index in [9.17, 15) is 14.7 Å². The molecule has 0 heterocycles. The monoisotopic (exact) mass is 280 g/mol. The summed E-state index contributed by atoms with van der Waals surface area (Å²) in [6.45, 7) is 4.95. The second kappa shape index (κ2) is 5.50. The lowest BCUT2D eigenvalue weighted by Gasteiger charge is -2.28. The summed E-state index contributed by atoms with van der Waals surface area (Å²) < 4.78 is 5.09. The number of aliphatic carboxylic acids is 1. The average molecular weight is 280 g/mol. The molecular weight excluding hydrogens is 260 g/mol. The van der Waals surface area contributed by atoms with Gasteiger partial charge in [0.1, 0.15) is 5.60 Å². The lowest BCUT2D eigenvalue weighted by molar-refractivity contribution is -0.169. The van der Waals surface area contributed by atoms with Gasteiger partial charge in [-0.05, 0) is 38.5 Å². The first-order valence-electron chi connectivity index (χ1n) is 6.15. The molecule has 110 valence electrons. The van der Waals surface area contributed by atoms with Crippen molar-refractivity contribution >= 4 is 17.6 Å². The van der Waals surface area contributed by atoms with E-state index in [4.69, 9.17) is 16.2 Å². The molecule has 0 fully saturated rings. The zero-order valence-electron chi connectivity index (χ0n) is 11.8. The fraction of sp³-hybridized carbons (Fsp3) is 0.429. The van der Waals surface area contributed by atoms with Crippen molar-refractivity contribution < 1.29 is 19.4 Å². The number of nitrogens with two attached hydrogens (primary N) is 2. The van der Waals surface area contributed by atoms with Crippen LogP contribution in [0.3, 0.4) is 0 Å². The topological polar surface area (TPSA) is 116 Å². The minimum atomic E-state index is -2.12. The molecule has 1 rings (SSSR count). The molecule has 0 aromatic heterocycles. The van der Waals surface area contributed by atoms with Gasteiger partial charge in [-0.1, -0.05) is 12.1 Å². The number of hydrogen-bond donors (Lipinski definition) is 3. The van der Waals surface area contributed by atoms with Gasteiger partial charge in [0.15, 0.2) is 0 Å². The van der Waals surface area contributed by atoms with Crippen LogP contribution in [0.2, 0.25) is 0 Å². The lowest BCUT2D eigenvalue weighted by atomic mass is 9.91. The number of carbonyl (C=O) groups excluding carboxylic acids is 1. The van der Waals surface area contributed by atoms with Gasteiger partial charge < -0.3 is 21.3 Å². The van der Waals surface area contributed by atoms with Gasteiger partial charge in [-0.3, -0.25) is 0 Å². The van der Waals surface area contributed by atoms with E-state index in [0.29, 0.717) is 11.3 Å². The van der Waals surface area contributed by atoms with Crippen molar-refractivity contribution in [3.05, 3.63) is 29.8 Å². The number of carbonyl (C=O) groups is 2. The maximum absolute atomic E-state index is 12.0. The maximum Gasteiger partial charge on any atom is 0.338 e. The summed E-state index contributed by atoms with van der Waals surface area (Å²) in [6.07, 6.45) is -0.169. The molecule has 20 heavy (non-hydrogen) atoms. The van der Waals surface area contributed by atoms with Crippen LogP contribution >= 0.6 is 0 Å². The van der Waals surface area contributed by atoms with Crippen LogP contribution in [0.1, 0.15) is 26.3 Å². The molecule has 0 saturated heterocycles. The van der Waals surface area contributed by atoms with Crippen LogP contribution in [0.5, 0.6) is 0 Å². The number of carboxylic acids is 1. The summed E-state index contributed by atoms with van der Waals surface area (Å²) in [5, 5.41) is 9.27. The molecular formula is C14H20N2O4. The van der Waals surface area contributed by atoms with Crippen molar-refractivity contribution in [2.45, 2.75) is 38.3 Å². The van der Waals surface area contributed by atoms with E-state index < -0.39 is 23.1 Å². The molecule has 0 bridgehead atoms. The van der Waals surface area contributed by atoms with Gasteiger partial charge in [-0.25, -0.2) is 9.59 Å². The van der Waals surface area contributed by atoms with E-state index in [1.165, 1.54) is 0 Å². The zero-order valence-corrected chi connectivity index (χ0v) is 11.8. The van der Waals surface area contributed by atoms with Gasteiger partial charge in [0.25, 0.3) is 0 Å². The number of hydrogen-bond acceptors (Lipinski definition) is 5. The Morgan fingerprint density at radius 1 is 1.20 bits per heavy atom. The van der Waals surface area contributed by atoms with Crippen molar-refractivity contribution in [2.24, 2.45) is 5.73 Å². The second-order valence-corrected chi connectivity index (χ2v) is 5.70. The summed E-state index contributed by atoms with van der Waals surface area (Å²) in [6, 6.07) is 6.49. The molecule has 0 aliphatic heterocycles.